The predicted octanol–water partition coefficient (Wildman–Crippen LogP) is 3.92. The van der Waals surface area contributed by atoms with Gasteiger partial charge in [0.15, 0.2) is 0 Å². The maximum Gasteiger partial charge on any atom is 0.295 e. The molecule has 1 aliphatic carbocycles. The number of hydrogen-bond donors (Lipinski definition) is 1. The van der Waals surface area contributed by atoms with Gasteiger partial charge in [0.1, 0.15) is 5.75 Å². The molecular weight excluding hydrogens is 248 g/mol. The van der Waals surface area contributed by atoms with Crippen LogP contribution in [0.5, 0.6) is 5.75 Å². The van der Waals surface area contributed by atoms with Crippen molar-refractivity contribution < 1.29 is 4.74 Å². The van der Waals surface area contributed by atoms with E-state index >= 15 is 0 Å². The van der Waals surface area contributed by atoms with E-state index in [4.69, 9.17) is 9.73 Å². The maximum absolute atomic E-state index is 5.85. The Morgan fingerprint density at radius 1 is 1.05 bits per heavy atom. The van der Waals surface area contributed by atoms with Gasteiger partial charge in [-0.25, -0.2) is 4.99 Å². The van der Waals surface area contributed by atoms with Gasteiger partial charge in [0.25, 0.3) is 6.02 Å². The monoisotopic (exact) mass is 264 g/mol. The van der Waals surface area contributed by atoms with Crippen molar-refractivity contribution in [2.24, 2.45) is 4.99 Å². The molecule has 2 aromatic rings. The molecule has 20 heavy (non-hydrogen) atoms. The zero-order valence-electron chi connectivity index (χ0n) is 11.2. The molecule has 0 fully saturated rings. The van der Waals surface area contributed by atoms with Crippen LogP contribution in [0, 0.1) is 0 Å². The second-order valence-electron chi connectivity index (χ2n) is 5.26. The van der Waals surface area contributed by atoms with E-state index in [2.05, 4.69) is 23.5 Å². The fourth-order valence-corrected chi connectivity index (χ4v) is 3.03. The molecule has 3 nitrogen and oxygen atoms in total. The third-order valence-corrected chi connectivity index (χ3v) is 3.93. The number of para-hydroxylation sites is 1. The van der Waals surface area contributed by atoms with Crippen LogP contribution in [0.4, 0.5) is 5.69 Å². The van der Waals surface area contributed by atoms with E-state index in [1.807, 2.05) is 30.3 Å². The normalized spacial score (nSPS) is 19.6. The molecule has 0 saturated carbocycles. The van der Waals surface area contributed by atoms with Gasteiger partial charge in [-0.2, -0.15) is 0 Å². The number of hydrogen-bond acceptors (Lipinski definition) is 3. The Balaban J connectivity index is 1.67. The first-order valence-electron chi connectivity index (χ1n) is 7.10. The molecule has 1 heterocycles. The van der Waals surface area contributed by atoms with Crippen molar-refractivity contribution in [3.63, 3.8) is 0 Å². The standard InChI is InChI=1S/C17H16N2O/c1-2-8-13(9-3-1)20-17-18-14-10-4-6-12-7-5-11-15(19-17)16(12)14/h1-4,6,8-10,15H,5,7,11H2,(H,18,19). The molecule has 4 rings (SSSR count). The van der Waals surface area contributed by atoms with Crippen LogP contribution in [0.3, 0.4) is 0 Å². The van der Waals surface area contributed by atoms with Crippen molar-refractivity contribution in [1.82, 2.24) is 0 Å². The van der Waals surface area contributed by atoms with Gasteiger partial charge in [0.05, 0.1) is 6.04 Å². The van der Waals surface area contributed by atoms with E-state index in [1.165, 1.54) is 17.5 Å². The minimum Gasteiger partial charge on any atom is -0.426 e. The van der Waals surface area contributed by atoms with E-state index in [1.54, 1.807) is 0 Å². The summed E-state index contributed by atoms with van der Waals surface area (Å²) in [6.07, 6.45) is 3.46. The first-order chi connectivity index (χ1) is 9.90. The minimum absolute atomic E-state index is 0.245. The Morgan fingerprint density at radius 3 is 2.85 bits per heavy atom. The highest BCUT2D eigenvalue weighted by Gasteiger charge is 2.27. The Hall–Kier alpha value is -2.29. The summed E-state index contributed by atoms with van der Waals surface area (Å²) in [5, 5.41) is 3.31. The third kappa shape index (κ3) is 1.95. The molecule has 100 valence electrons. The van der Waals surface area contributed by atoms with Crippen LogP contribution in [-0.2, 0) is 6.42 Å². The predicted molar refractivity (Wildman–Crippen MR) is 80.2 cm³/mol. The molecule has 3 heteroatoms. The van der Waals surface area contributed by atoms with Crippen LogP contribution in [0.2, 0.25) is 0 Å². The second kappa shape index (κ2) is 4.67. The first kappa shape index (κ1) is 11.5. The van der Waals surface area contributed by atoms with Crippen molar-refractivity contribution in [3.05, 3.63) is 59.7 Å². The van der Waals surface area contributed by atoms with Gasteiger partial charge in [-0.1, -0.05) is 30.3 Å². The molecule has 1 unspecified atom stereocenters. The van der Waals surface area contributed by atoms with Crippen molar-refractivity contribution in [2.45, 2.75) is 25.3 Å². The van der Waals surface area contributed by atoms with Crippen molar-refractivity contribution >= 4 is 11.7 Å². The van der Waals surface area contributed by atoms with Crippen molar-refractivity contribution in [3.8, 4) is 5.75 Å². The first-order valence-corrected chi connectivity index (χ1v) is 7.10. The summed E-state index contributed by atoms with van der Waals surface area (Å²) in [6.45, 7) is 0. The van der Waals surface area contributed by atoms with Gasteiger partial charge >= 0.3 is 0 Å². The topological polar surface area (TPSA) is 33.6 Å². The molecule has 2 aromatic carbocycles. The Morgan fingerprint density at radius 2 is 1.95 bits per heavy atom. The summed E-state index contributed by atoms with van der Waals surface area (Å²) in [4.78, 5) is 4.73. The lowest BCUT2D eigenvalue weighted by Crippen LogP contribution is -2.27. The highest BCUT2D eigenvalue weighted by atomic mass is 16.5. The number of aliphatic imine (C=N–C) groups is 1. The molecular formula is C17H16N2O. The zero-order chi connectivity index (χ0) is 13.4. The van der Waals surface area contributed by atoms with E-state index in [0.717, 1.165) is 24.3 Å². The number of aryl methyl sites for hydroxylation is 1. The average Bonchev–Trinajstić information content (AvgIpc) is 2.49. The van der Waals surface area contributed by atoms with Crippen LogP contribution in [0.1, 0.15) is 30.0 Å². The van der Waals surface area contributed by atoms with Gasteiger partial charge in [0, 0.05) is 11.3 Å². The Kier molecular flexibility index (Phi) is 2.69. The zero-order valence-corrected chi connectivity index (χ0v) is 11.2. The molecule has 0 amide bonds. The number of amidine groups is 1. The molecule has 1 N–H and O–H groups in total. The minimum atomic E-state index is 0.245. The van der Waals surface area contributed by atoms with Crippen LogP contribution < -0.4 is 10.1 Å². The summed E-state index contributed by atoms with van der Waals surface area (Å²) < 4.78 is 5.85. The molecule has 0 bridgehead atoms. The van der Waals surface area contributed by atoms with E-state index in [9.17, 15) is 0 Å². The molecule has 0 saturated heterocycles. The van der Waals surface area contributed by atoms with Gasteiger partial charge in [-0.05, 0) is 43.0 Å². The SMILES string of the molecule is c1ccc(OC2=NC3CCCc4cccc(c43)N2)cc1. The smallest absolute Gasteiger partial charge is 0.295 e. The quantitative estimate of drug-likeness (QED) is 0.846. The largest absolute Gasteiger partial charge is 0.426 e. The van der Waals surface area contributed by atoms with Gasteiger partial charge < -0.3 is 10.1 Å². The van der Waals surface area contributed by atoms with Crippen LogP contribution in [0.25, 0.3) is 0 Å². The van der Waals surface area contributed by atoms with Crippen molar-refractivity contribution in [1.29, 1.82) is 0 Å². The summed E-state index contributed by atoms with van der Waals surface area (Å²) >= 11 is 0. The molecule has 2 aliphatic rings. The highest BCUT2D eigenvalue weighted by molar-refractivity contribution is 5.94. The number of nitrogens with one attached hydrogen (secondary N) is 1. The summed E-state index contributed by atoms with van der Waals surface area (Å²) in [7, 11) is 0. The average molecular weight is 264 g/mol. The van der Waals surface area contributed by atoms with Crippen molar-refractivity contribution in [2.75, 3.05) is 5.32 Å². The maximum atomic E-state index is 5.85. The molecule has 0 radical (unpaired) electrons. The van der Waals surface area contributed by atoms with Crippen LogP contribution >= 0.6 is 0 Å². The van der Waals surface area contributed by atoms with Crippen LogP contribution in [-0.4, -0.2) is 6.02 Å². The lowest BCUT2D eigenvalue weighted by Gasteiger charge is -2.30. The number of rotatable bonds is 1. The number of ether oxygens (including phenoxy) is 1. The van der Waals surface area contributed by atoms with Gasteiger partial charge in [-0.15, -0.1) is 0 Å². The summed E-state index contributed by atoms with van der Waals surface area (Å²) in [6, 6.07) is 17.1. The lowest BCUT2D eigenvalue weighted by molar-refractivity contribution is 0.508. The molecule has 0 aromatic heterocycles. The Labute approximate surface area is 118 Å². The Bertz CT molecular complexity index is 664. The number of anilines is 1. The lowest BCUT2D eigenvalue weighted by atomic mass is 9.86. The number of nitrogens with zero attached hydrogens (tertiary/aromatic N) is 1. The van der Waals surface area contributed by atoms with Gasteiger partial charge in [0.2, 0.25) is 0 Å². The van der Waals surface area contributed by atoms with E-state index < -0.39 is 0 Å². The van der Waals surface area contributed by atoms with Gasteiger partial charge in [-0.3, -0.25) is 0 Å². The second-order valence-corrected chi connectivity index (χ2v) is 5.26. The summed E-state index contributed by atoms with van der Waals surface area (Å²) in [5.74, 6) is 0.814. The summed E-state index contributed by atoms with van der Waals surface area (Å²) in [5.41, 5.74) is 3.93. The van der Waals surface area contributed by atoms with Crippen LogP contribution in [0.15, 0.2) is 53.5 Å². The van der Waals surface area contributed by atoms with E-state index in [0.29, 0.717) is 6.02 Å². The molecule has 1 atom stereocenters. The molecule has 0 spiro atoms. The fourth-order valence-electron chi connectivity index (χ4n) is 3.03. The highest BCUT2D eigenvalue weighted by Crippen LogP contribution is 2.40. The fraction of sp³-hybridized carbons (Fsp3) is 0.235. The molecule has 1 aliphatic heterocycles. The number of benzene rings is 2. The third-order valence-electron chi connectivity index (χ3n) is 3.93. The van der Waals surface area contributed by atoms with E-state index in [-0.39, 0.29) is 6.04 Å².